The number of rotatable bonds is 0. The predicted octanol–water partition coefficient (Wildman–Crippen LogP) is 0.994. The van der Waals surface area contributed by atoms with Crippen molar-refractivity contribution in [2.45, 2.75) is 0 Å². The summed E-state index contributed by atoms with van der Waals surface area (Å²) >= 11 is 5.17. The Hall–Kier alpha value is -0.770. The Bertz CT molecular complexity index is 134. The summed E-state index contributed by atoms with van der Waals surface area (Å²) in [5.74, 6) is 0. The number of nitrogens with zero attached hydrogens (tertiary/aromatic N) is 1. The number of carbonyl (C=O) groups excluding carboxylic acids is 1. The van der Waals surface area contributed by atoms with Gasteiger partial charge in [0.15, 0.2) is 0 Å². The second-order valence-corrected chi connectivity index (χ2v) is 1.36. The molecular formula is C4H6ClNO3. The van der Waals surface area contributed by atoms with Crippen LogP contribution in [-0.2, 0) is 9.47 Å². The van der Waals surface area contributed by atoms with Gasteiger partial charge in [-0.2, -0.15) is 0 Å². The summed E-state index contributed by atoms with van der Waals surface area (Å²) in [6.45, 7) is 0. The molecule has 0 unspecified atom stereocenters. The number of ether oxygens (including phenoxy) is 2. The van der Waals surface area contributed by atoms with Gasteiger partial charge in [-0.15, -0.1) is 4.99 Å². The lowest BCUT2D eigenvalue weighted by Crippen LogP contribution is -1.98. The van der Waals surface area contributed by atoms with Crippen molar-refractivity contribution in [3.63, 3.8) is 0 Å². The van der Waals surface area contributed by atoms with E-state index in [1.165, 1.54) is 14.2 Å². The van der Waals surface area contributed by atoms with E-state index in [4.69, 9.17) is 11.6 Å². The van der Waals surface area contributed by atoms with Crippen molar-refractivity contribution in [1.29, 1.82) is 0 Å². The normalized spacial score (nSPS) is 10.8. The average molecular weight is 152 g/mol. The molecule has 0 radical (unpaired) electrons. The van der Waals surface area contributed by atoms with Crippen LogP contribution in [0.5, 0.6) is 0 Å². The van der Waals surface area contributed by atoms with Crippen molar-refractivity contribution in [2.75, 3.05) is 14.2 Å². The van der Waals surface area contributed by atoms with Gasteiger partial charge in [-0.1, -0.05) is 0 Å². The number of methoxy groups -OCH3 is 2. The van der Waals surface area contributed by atoms with Gasteiger partial charge >= 0.3 is 6.09 Å². The minimum absolute atomic E-state index is 0.234. The lowest BCUT2D eigenvalue weighted by Gasteiger charge is -1.91. The van der Waals surface area contributed by atoms with Crippen LogP contribution in [0.25, 0.3) is 0 Å². The molecule has 0 atom stereocenters. The molecule has 0 spiro atoms. The highest BCUT2D eigenvalue weighted by Gasteiger charge is 1.97. The van der Waals surface area contributed by atoms with Gasteiger partial charge in [0.05, 0.1) is 14.2 Å². The van der Waals surface area contributed by atoms with Crippen molar-refractivity contribution in [2.24, 2.45) is 4.99 Å². The molecule has 0 aromatic heterocycles. The fourth-order valence-electron chi connectivity index (χ4n) is 0.163. The molecule has 0 saturated carbocycles. The monoisotopic (exact) mass is 151 g/mol. The van der Waals surface area contributed by atoms with Crippen LogP contribution in [0, 0.1) is 0 Å². The van der Waals surface area contributed by atoms with Crippen molar-refractivity contribution in [3.8, 4) is 0 Å². The Labute approximate surface area is 57.4 Å². The first-order valence-corrected chi connectivity index (χ1v) is 2.44. The van der Waals surface area contributed by atoms with Crippen molar-refractivity contribution >= 4 is 23.1 Å². The Morgan fingerprint density at radius 3 is 2.33 bits per heavy atom. The van der Waals surface area contributed by atoms with Crippen LogP contribution < -0.4 is 0 Å². The van der Waals surface area contributed by atoms with Gasteiger partial charge in [0, 0.05) is 0 Å². The van der Waals surface area contributed by atoms with Crippen LogP contribution >= 0.6 is 11.6 Å². The predicted molar refractivity (Wildman–Crippen MR) is 32.7 cm³/mol. The molecule has 0 rings (SSSR count). The van der Waals surface area contributed by atoms with E-state index in [0.717, 1.165) is 0 Å². The fourth-order valence-corrected chi connectivity index (χ4v) is 0.232. The first-order chi connectivity index (χ1) is 4.20. The van der Waals surface area contributed by atoms with Crippen molar-refractivity contribution < 1.29 is 14.3 Å². The standard InChI is InChI=1S/C4H6ClNO3/c1-8-3(5)6-4(7)9-2/h1-2H3. The molecule has 0 saturated heterocycles. The van der Waals surface area contributed by atoms with E-state index in [1.807, 2.05) is 0 Å². The number of aliphatic imine (C=N–C) groups is 1. The van der Waals surface area contributed by atoms with Gasteiger partial charge in [-0.05, 0) is 11.6 Å². The summed E-state index contributed by atoms with van der Waals surface area (Å²) < 4.78 is 8.47. The average Bonchev–Trinajstić information content (AvgIpc) is 1.87. The van der Waals surface area contributed by atoms with Gasteiger partial charge in [-0.3, -0.25) is 0 Å². The molecule has 0 aromatic rings. The zero-order valence-electron chi connectivity index (χ0n) is 5.05. The van der Waals surface area contributed by atoms with Crippen LogP contribution in [0.15, 0.2) is 4.99 Å². The Morgan fingerprint density at radius 1 is 1.44 bits per heavy atom. The topological polar surface area (TPSA) is 47.9 Å². The van der Waals surface area contributed by atoms with Crippen LogP contribution in [-0.4, -0.2) is 25.7 Å². The third-order valence-corrected chi connectivity index (χ3v) is 0.761. The Balaban J connectivity index is 3.79. The largest absolute Gasteiger partial charge is 0.472 e. The Morgan fingerprint density at radius 2 is 2.00 bits per heavy atom. The molecule has 0 bridgehead atoms. The summed E-state index contributed by atoms with van der Waals surface area (Å²) in [5.41, 5.74) is 0. The zero-order chi connectivity index (χ0) is 7.28. The molecule has 1 amide bonds. The maximum absolute atomic E-state index is 10.2. The smallest absolute Gasteiger partial charge is 0.437 e. The van der Waals surface area contributed by atoms with E-state index in [-0.39, 0.29) is 5.36 Å². The quantitative estimate of drug-likeness (QED) is 0.383. The second kappa shape index (κ2) is 4.14. The van der Waals surface area contributed by atoms with Gasteiger partial charge in [0.1, 0.15) is 0 Å². The summed E-state index contributed by atoms with van der Waals surface area (Å²) in [4.78, 5) is 13.3. The first-order valence-electron chi connectivity index (χ1n) is 2.07. The molecule has 52 valence electrons. The fraction of sp³-hybridized carbons (Fsp3) is 0.500. The van der Waals surface area contributed by atoms with Gasteiger partial charge in [0.2, 0.25) is 0 Å². The van der Waals surface area contributed by atoms with Crippen molar-refractivity contribution in [3.05, 3.63) is 0 Å². The molecule has 0 heterocycles. The number of amides is 1. The number of carbonyl (C=O) groups is 1. The first kappa shape index (κ1) is 8.23. The molecule has 0 aromatic carbocycles. The molecule has 0 aliphatic rings. The minimum Gasteiger partial charge on any atom is -0.472 e. The lowest BCUT2D eigenvalue weighted by atomic mass is 11.1. The molecule has 0 aliphatic carbocycles. The zero-order valence-corrected chi connectivity index (χ0v) is 5.81. The summed E-state index contributed by atoms with van der Waals surface area (Å²) in [7, 11) is 2.50. The highest BCUT2D eigenvalue weighted by Crippen LogP contribution is 1.88. The van der Waals surface area contributed by atoms with Crippen LogP contribution in [0.1, 0.15) is 0 Å². The van der Waals surface area contributed by atoms with Gasteiger partial charge < -0.3 is 9.47 Å². The van der Waals surface area contributed by atoms with E-state index in [2.05, 4.69) is 14.5 Å². The van der Waals surface area contributed by atoms with Crippen LogP contribution in [0.4, 0.5) is 4.79 Å². The molecule has 0 aliphatic heterocycles. The number of hydrogen-bond acceptors (Lipinski definition) is 3. The van der Waals surface area contributed by atoms with Crippen molar-refractivity contribution in [1.82, 2.24) is 0 Å². The maximum atomic E-state index is 10.2. The molecule has 0 fully saturated rings. The Kier molecular flexibility index (Phi) is 3.79. The molecule has 5 heteroatoms. The van der Waals surface area contributed by atoms with Crippen LogP contribution in [0.3, 0.4) is 0 Å². The number of hydrogen-bond donors (Lipinski definition) is 0. The molecule has 0 N–H and O–H groups in total. The molecule has 9 heavy (non-hydrogen) atoms. The van der Waals surface area contributed by atoms with E-state index >= 15 is 0 Å². The SMILES string of the molecule is COC(=O)N=C(Cl)OC. The molecule has 4 nitrogen and oxygen atoms in total. The lowest BCUT2D eigenvalue weighted by molar-refractivity contribution is 0.182. The molecular weight excluding hydrogens is 146 g/mol. The van der Waals surface area contributed by atoms with Crippen LogP contribution in [0.2, 0.25) is 0 Å². The summed E-state index contributed by atoms with van der Waals surface area (Å²) in [6.07, 6.45) is -0.776. The third kappa shape index (κ3) is 3.78. The van der Waals surface area contributed by atoms with E-state index < -0.39 is 6.09 Å². The maximum Gasteiger partial charge on any atom is 0.437 e. The third-order valence-electron chi connectivity index (χ3n) is 0.522. The summed E-state index contributed by atoms with van der Waals surface area (Å²) in [5, 5.41) is -0.234. The minimum atomic E-state index is -0.776. The summed E-state index contributed by atoms with van der Waals surface area (Å²) in [6, 6.07) is 0. The second-order valence-electron chi connectivity index (χ2n) is 1.04. The van der Waals surface area contributed by atoms with E-state index in [0.29, 0.717) is 0 Å². The number of halogens is 1. The highest BCUT2D eigenvalue weighted by molar-refractivity contribution is 6.63. The highest BCUT2D eigenvalue weighted by atomic mass is 35.5. The van der Waals surface area contributed by atoms with Gasteiger partial charge in [-0.25, -0.2) is 4.79 Å². The van der Waals surface area contributed by atoms with E-state index in [1.54, 1.807) is 0 Å². The van der Waals surface area contributed by atoms with E-state index in [9.17, 15) is 4.79 Å². The van der Waals surface area contributed by atoms with Gasteiger partial charge in [0.25, 0.3) is 5.36 Å².